The van der Waals surface area contributed by atoms with E-state index < -0.39 is 0 Å². The predicted molar refractivity (Wildman–Crippen MR) is 238 cm³/mol. The largest absolute Gasteiger partial charge is 0.207 e. The van der Waals surface area contributed by atoms with Gasteiger partial charge in [0.25, 0.3) is 0 Å². The number of fused-ring (bicyclic) bond motifs is 2. The summed E-state index contributed by atoms with van der Waals surface area (Å²) in [5.41, 5.74) is 8.21. The van der Waals surface area contributed by atoms with Crippen molar-refractivity contribution in [1.82, 2.24) is 0 Å². The zero-order chi connectivity index (χ0) is 39.1. The van der Waals surface area contributed by atoms with Crippen LogP contribution in [0.3, 0.4) is 0 Å². The lowest BCUT2D eigenvalue weighted by Gasteiger charge is -2.20. The first-order valence-electron chi connectivity index (χ1n) is 18.5. The smallest absolute Gasteiger partial charge is 0.123 e. The van der Waals surface area contributed by atoms with Gasteiger partial charge in [-0.1, -0.05) is 195 Å². The van der Waals surface area contributed by atoms with Crippen LogP contribution in [-0.4, -0.2) is 0 Å². The fraction of sp³-hybridized carbons (Fsp3) is 0.385. The molecule has 0 unspecified atom stereocenters. The maximum atomic E-state index is 12.7. The molecule has 0 atom stereocenters. The van der Waals surface area contributed by atoms with Crippen LogP contribution >= 0.6 is 0 Å². The molecule has 0 fully saturated rings. The van der Waals surface area contributed by atoms with Crippen LogP contribution in [0.1, 0.15) is 131 Å². The lowest BCUT2D eigenvalue weighted by molar-refractivity contribution is 0.572. The molecule has 54 heavy (non-hydrogen) atoms. The molecule has 0 saturated heterocycles. The molecule has 0 aliphatic rings. The van der Waals surface area contributed by atoms with Crippen molar-refractivity contribution in [2.24, 2.45) is 0 Å². The quantitative estimate of drug-likeness (QED) is 0.146. The Balaban J connectivity index is 0.000000360. The Morgan fingerprint density at radius 3 is 0.889 bits per heavy atom. The van der Waals surface area contributed by atoms with Gasteiger partial charge in [0.2, 0.25) is 0 Å². The second kappa shape index (κ2) is 19.3. The van der Waals surface area contributed by atoms with Crippen LogP contribution in [0.2, 0.25) is 0 Å². The minimum atomic E-state index is -0.155. The van der Waals surface area contributed by atoms with Gasteiger partial charge in [0.15, 0.2) is 0 Å². The number of hydrogen-bond acceptors (Lipinski definition) is 0. The van der Waals surface area contributed by atoms with Crippen molar-refractivity contribution in [3.05, 3.63) is 166 Å². The summed E-state index contributed by atoms with van der Waals surface area (Å²) in [7, 11) is 0. The predicted octanol–water partition coefficient (Wildman–Crippen LogP) is 16.4. The zero-order valence-corrected chi connectivity index (χ0v) is 34.3. The first-order valence-corrected chi connectivity index (χ1v) is 18.5. The average Bonchev–Trinajstić information content (AvgIpc) is 3.04. The first kappa shape index (κ1) is 47.7. The Morgan fingerprint density at radius 1 is 0.333 bits per heavy atom. The fourth-order valence-electron chi connectivity index (χ4n) is 5.78. The van der Waals surface area contributed by atoms with E-state index in [0.717, 1.165) is 11.1 Å². The summed E-state index contributed by atoms with van der Waals surface area (Å²) in [6.07, 6.45) is 0. The highest BCUT2D eigenvalue weighted by molar-refractivity contribution is 5.87. The van der Waals surface area contributed by atoms with E-state index in [0.29, 0.717) is 0 Å². The molecule has 0 N–H and O–H groups in total. The van der Waals surface area contributed by atoms with Gasteiger partial charge in [0.05, 0.1) is 0 Å². The number of benzene rings is 6. The van der Waals surface area contributed by atoms with Crippen LogP contribution in [0.5, 0.6) is 0 Å². The van der Waals surface area contributed by atoms with Gasteiger partial charge in [-0.05, 0) is 115 Å². The van der Waals surface area contributed by atoms with Crippen molar-refractivity contribution in [1.29, 1.82) is 0 Å². The second-order valence-electron chi connectivity index (χ2n) is 18.0. The van der Waals surface area contributed by atoms with E-state index in [1.165, 1.54) is 55.9 Å². The lowest BCUT2D eigenvalue weighted by atomic mass is 9.84. The summed E-state index contributed by atoms with van der Waals surface area (Å²) in [5.74, 6) is -0.310. The maximum absolute atomic E-state index is 12.7. The van der Waals surface area contributed by atoms with Crippen molar-refractivity contribution in [2.45, 2.75) is 133 Å². The third-order valence-electron chi connectivity index (χ3n) is 9.25. The highest BCUT2D eigenvalue weighted by Gasteiger charge is 2.16. The standard InChI is InChI=1S/2C15H18.2C10H13F.2CH4/c2*1-11-9-13(15(2,3)4)10-12-7-5-6-8-14(11)12;2*1-10(2,3)8-5-4-6-9(11)7-8;;/h2*5-10H,1-4H3;2*4-7H,1-3H3;2*1H4. The van der Waals surface area contributed by atoms with Gasteiger partial charge in [-0.3, -0.25) is 0 Å². The highest BCUT2D eigenvalue weighted by Crippen LogP contribution is 2.30. The Bertz CT molecular complexity index is 1900. The van der Waals surface area contributed by atoms with Gasteiger partial charge in [0, 0.05) is 0 Å². The Kier molecular flexibility index (Phi) is 17.1. The lowest BCUT2D eigenvalue weighted by Crippen LogP contribution is -2.11. The Labute approximate surface area is 329 Å². The molecule has 6 rings (SSSR count). The maximum Gasteiger partial charge on any atom is 0.123 e. The SMILES string of the molecule is C.C.CC(C)(C)c1cccc(F)c1.CC(C)(C)c1cccc(F)c1.Cc1cc(C(C)(C)C)cc2ccccc12.Cc1cc(C(C)(C)C)cc2ccccc12. The molecule has 0 spiro atoms. The van der Waals surface area contributed by atoms with Crippen LogP contribution in [0.25, 0.3) is 21.5 Å². The molecular formula is C52H70F2. The Hall–Kier alpha value is -4.30. The summed E-state index contributed by atoms with van der Waals surface area (Å²) >= 11 is 0. The van der Waals surface area contributed by atoms with Crippen LogP contribution < -0.4 is 0 Å². The van der Waals surface area contributed by atoms with Gasteiger partial charge >= 0.3 is 0 Å². The molecule has 6 aromatic carbocycles. The third-order valence-corrected chi connectivity index (χ3v) is 9.25. The molecule has 0 aromatic heterocycles. The summed E-state index contributed by atoms with van der Waals surface area (Å²) in [5, 5.41) is 5.43. The number of halogens is 2. The normalized spacial score (nSPS) is 11.4. The summed E-state index contributed by atoms with van der Waals surface area (Å²) in [4.78, 5) is 0. The van der Waals surface area contributed by atoms with Gasteiger partial charge in [-0.25, -0.2) is 8.78 Å². The zero-order valence-electron chi connectivity index (χ0n) is 34.3. The molecule has 0 radical (unpaired) electrons. The number of hydrogen-bond donors (Lipinski definition) is 0. The third kappa shape index (κ3) is 14.2. The molecule has 6 aromatic rings. The average molecular weight is 733 g/mol. The van der Waals surface area contributed by atoms with Crippen molar-refractivity contribution < 1.29 is 8.78 Å². The van der Waals surface area contributed by atoms with Gasteiger partial charge in [-0.2, -0.15) is 0 Å². The van der Waals surface area contributed by atoms with E-state index in [2.05, 4.69) is 170 Å². The van der Waals surface area contributed by atoms with Gasteiger partial charge < -0.3 is 0 Å². The number of rotatable bonds is 0. The van der Waals surface area contributed by atoms with Crippen LogP contribution in [0.4, 0.5) is 8.78 Å². The highest BCUT2D eigenvalue weighted by atomic mass is 19.1. The molecule has 2 heteroatoms. The topological polar surface area (TPSA) is 0 Å². The van der Waals surface area contributed by atoms with E-state index in [-0.39, 0.29) is 48.1 Å². The van der Waals surface area contributed by atoms with Gasteiger partial charge in [-0.15, -0.1) is 0 Å². The minimum Gasteiger partial charge on any atom is -0.207 e. The van der Waals surface area contributed by atoms with E-state index in [9.17, 15) is 8.78 Å². The van der Waals surface area contributed by atoms with Crippen LogP contribution in [0, 0.1) is 25.5 Å². The van der Waals surface area contributed by atoms with Crippen molar-refractivity contribution in [3.8, 4) is 0 Å². The monoisotopic (exact) mass is 733 g/mol. The molecule has 0 aliphatic heterocycles. The van der Waals surface area contributed by atoms with E-state index >= 15 is 0 Å². The fourth-order valence-corrected chi connectivity index (χ4v) is 5.78. The van der Waals surface area contributed by atoms with Crippen LogP contribution in [0.15, 0.2) is 121 Å². The van der Waals surface area contributed by atoms with E-state index in [4.69, 9.17) is 0 Å². The second-order valence-corrected chi connectivity index (χ2v) is 18.0. The molecule has 0 bridgehead atoms. The van der Waals surface area contributed by atoms with E-state index in [1.807, 2.05) is 12.1 Å². The summed E-state index contributed by atoms with van der Waals surface area (Å²) in [6, 6.07) is 39.9. The van der Waals surface area contributed by atoms with Gasteiger partial charge in [0.1, 0.15) is 11.6 Å². The number of aryl methyl sites for hydroxylation is 2. The molecule has 0 aliphatic carbocycles. The summed E-state index contributed by atoms with van der Waals surface area (Å²) in [6.45, 7) is 30.4. The summed E-state index contributed by atoms with van der Waals surface area (Å²) < 4.78 is 25.4. The molecule has 292 valence electrons. The molecule has 0 heterocycles. The van der Waals surface area contributed by atoms with E-state index in [1.54, 1.807) is 24.3 Å². The molecular weight excluding hydrogens is 663 g/mol. The molecule has 0 saturated carbocycles. The molecule has 0 amide bonds. The van der Waals surface area contributed by atoms with Crippen molar-refractivity contribution >= 4 is 21.5 Å². The van der Waals surface area contributed by atoms with Crippen LogP contribution in [-0.2, 0) is 21.7 Å². The Morgan fingerprint density at radius 2 is 0.630 bits per heavy atom. The van der Waals surface area contributed by atoms with Crippen molar-refractivity contribution in [3.63, 3.8) is 0 Å². The van der Waals surface area contributed by atoms with Crippen molar-refractivity contribution in [2.75, 3.05) is 0 Å². The first-order chi connectivity index (χ1) is 24.0. The molecule has 0 nitrogen and oxygen atoms in total. The minimum absolute atomic E-state index is 0.